The Balaban J connectivity index is 1.33. The number of imidazole rings is 1. The maximum Gasteiger partial charge on any atom is 0.236 e. The van der Waals surface area contributed by atoms with Crippen molar-refractivity contribution in [3.05, 3.63) is 78.3 Å². The van der Waals surface area contributed by atoms with Crippen molar-refractivity contribution in [2.24, 2.45) is 0 Å². The molecule has 5 rings (SSSR count). The molecule has 0 saturated heterocycles. The predicted molar refractivity (Wildman–Crippen MR) is 135 cm³/mol. The molecule has 4 aromatic rings. The molecule has 0 radical (unpaired) electrons. The second kappa shape index (κ2) is 10.0. The van der Waals surface area contributed by atoms with Gasteiger partial charge in [0, 0.05) is 74.8 Å². The Kier molecular flexibility index (Phi) is 6.47. The lowest BCUT2D eigenvalue weighted by Gasteiger charge is -2.33. The number of nitrogens with zero attached hydrogens (tertiary/aromatic N) is 7. The van der Waals surface area contributed by atoms with Crippen LogP contribution in [0.3, 0.4) is 0 Å². The Morgan fingerprint density at radius 3 is 2.66 bits per heavy atom. The molecular weight excluding hydrogens is 442 g/mol. The fourth-order valence-electron chi connectivity index (χ4n) is 4.45. The fourth-order valence-corrected chi connectivity index (χ4v) is 4.45. The molecule has 1 aliphatic heterocycles. The van der Waals surface area contributed by atoms with E-state index in [1.165, 1.54) is 16.8 Å². The number of benzene rings is 1. The zero-order chi connectivity index (χ0) is 24.2. The molecule has 1 aliphatic rings. The van der Waals surface area contributed by atoms with Crippen LogP contribution in [-0.2, 0) is 19.4 Å². The molecule has 9 nitrogen and oxygen atoms in total. The minimum absolute atomic E-state index is 0.615. The van der Waals surface area contributed by atoms with Crippen LogP contribution in [0.15, 0.2) is 61.4 Å². The van der Waals surface area contributed by atoms with Gasteiger partial charge in [0.15, 0.2) is 11.5 Å². The second-order valence-corrected chi connectivity index (χ2v) is 8.47. The average Bonchev–Trinajstić information content (AvgIpc) is 3.46. The summed E-state index contributed by atoms with van der Waals surface area (Å²) < 4.78 is 12.6. The van der Waals surface area contributed by atoms with Gasteiger partial charge in [-0.15, -0.1) is 0 Å². The summed E-state index contributed by atoms with van der Waals surface area (Å²) in [4.78, 5) is 22.5. The van der Waals surface area contributed by atoms with Gasteiger partial charge in [0.2, 0.25) is 5.95 Å². The molecule has 0 bridgehead atoms. The Morgan fingerprint density at radius 1 is 1.00 bits per heavy atom. The highest BCUT2D eigenvalue weighted by Crippen LogP contribution is 2.31. The third-order valence-electron chi connectivity index (χ3n) is 6.37. The van der Waals surface area contributed by atoms with Gasteiger partial charge >= 0.3 is 0 Å². The van der Waals surface area contributed by atoms with Crippen LogP contribution in [0.25, 0.3) is 5.95 Å². The van der Waals surface area contributed by atoms with Gasteiger partial charge in [-0.25, -0.2) is 9.97 Å². The topological polar surface area (TPSA) is 81.4 Å². The van der Waals surface area contributed by atoms with Gasteiger partial charge in [-0.3, -0.25) is 9.55 Å². The first kappa shape index (κ1) is 22.6. The van der Waals surface area contributed by atoms with Crippen molar-refractivity contribution in [3.63, 3.8) is 0 Å². The zero-order valence-corrected chi connectivity index (χ0v) is 20.3. The highest BCUT2D eigenvalue weighted by Gasteiger charge is 2.23. The lowest BCUT2D eigenvalue weighted by Crippen LogP contribution is -2.34. The lowest BCUT2D eigenvalue weighted by atomic mass is 10.0. The van der Waals surface area contributed by atoms with Crippen molar-refractivity contribution in [1.29, 1.82) is 0 Å². The van der Waals surface area contributed by atoms with Crippen LogP contribution < -0.4 is 19.3 Å². The summed E-state index contributed by atoms with van der Waals surface area (Å²) in [6.07, 6.45) is 10.8. The van der Waals surface area contributed by atoms with Crippen molar-refractivity contribution < 1.29 is 9.47 Å². The summed E-state index contributed by atoms with van der Waals surface area (Å²) in [6, 6.07) is 10.2. The number of hydrogen-bond acceptors (Lipinski definition) is 8. The highest BCUT2D eigenvalue weighted by atomic mass is 16.5. The van der Waals surface area contributed by atoms with Gasteiger partial charge < -0.3 is 19.3 Å². The molecule has 0 spiro atoms. The van der Waals surface area contributed by atoms with E-state index in [-0.39, 0.29) is 0 Å². The second-order valence-electron chi connectivity index (χ2n) is 8.47. The van der Waals surface area contributed by atoms with Crippen molar-refractivity contribution in [2.45, 2.75) is 19.4 Å². The lowest BCUT2D eigenvalue weighted by molar-refractivity contribution is 0.354. The molecule has 4 heterocycles. The summed E-state index contributed by atoms with van der Waals surface area (Å²) in [5.41, 5.74) is 4.80. The first-order valence-corrected chi connectivity index (χ1v) is 11.6. The quantitative estimate of drug-likeness (QED) is 0.387. The summed E-state index contributed by atoms with van der Waals surface area (Å²) >= 11 is 0. The molecular formula is C26H29N7O2. The van der Waals surface area contributed by atoms with E-state index >= 15 is 0 Å². The molecule has 180 valence electrons. The number of aromatic nitrogens is 5. The molecule has 0 saturated carbocycles. The van der Waals surface area contributed by atoms with Crippen molar-refractivity contribution in [1.82, 2.24) is 24.5 Å². The van der Waals surface area contributed by atoms with Gasteiger partial charge in [0.1, 0.15) is 12.1 Å². The fraction of sp³-hybridized carbons (Fsp3) is 0.308. The van der Waals surface area contributed by atoms with Crippen molar-refractivity contribution in [2.75, 3.05) is 44.2 Å². The molecule has 0 amide bonds. The molecule has 0 aliphatic carbocycles. The van der Waals surface area contributed by atoms with Crippen LogP contribution in [0.4, 0.5) is 11.5 Å². The maximum atomic E-state index is 5.46. The van der Waals surface area contributed by atoms with Crippen LogP contribution >= 0.6 is 0 Å². The molecule has 3 aromatic heterocycles. The monoisotopic (exact) mass is 471 g/mol. The summed E-state index contributed by atoms with van der Waals surface area (Å²) in [7, 11) is 5.46. The van der Waals surface area contributed by atoms with E-state index < -0.39 is 0 Å². The number of ether oxygens (including phenoxy) is 2. The van der Waals surface area contributed by atoms with E-state index in [9.17, 15) is 0 Å². The van der Waals surface area contributed by atoms with E-state index in [2.05, 4.69) is 43.9 Å². The smallest absolute Gasteiger partial charge is 0.236 e. The number of anilines is 2. The van der Waals surface area contributed by atoms with Gasteiger partial charge in [0.25, 0.3) is 0 Å². The minimum atomic E-state index is 0.615. The van der Waals surface area contributed by atoms with Gasteiger partial charge in [0.05, 0.1) is 14.2 Å². The van der Waals surface area contributed by atoms with E-state index in [4.69, 9.17) is 14.5 Å². The number of fused-ring (bicyclic) bond motifs is 1. The number of likely N-dealkylation sites (N-methyl/N-ethyl adjacent to an activating group) is 1. The van der Waals surface area contributed by atoms with Gasteiger partial charge in [-0.1, -0.05) is 6.07 Å². The molecule has 0 unspecified atom stereocenters. The Labute approximate surface area is 205 Å². The third-order valence-corrected chi connectivity index (χ3v) is 6.37. The summed E-state index contributed by atoms with van der Waals surface area (Å²) in [5.74, 6) is 3.01. The first-order chi connectivity index (χ1) is 17.2. The average molecular weight is 472 g/mol. The number of rotatable bonds is 8. The predicted octanol–water partition coefficient (Wildman–Crippen LogP) is 3.32. The van der Waals surface area contributed by atoms with Crippen LogP contribution in [0, 0.1) is 0 Å². The SMILES string of the molecule is COc1ccc(CCN(C)c2ccnc3c2CN(c2ccnc(-n4ccnc4)n2)CC3)cc1OC. The van der Waals surface area contributed by atoms with Crippen molar-refractivity contribution in [3.8, 4) is 17.4 Å². The molecule has 0 N–H and O–H groups in total. The zero-order valence-electron chi connectivity index (χ0n) is 20.3. The molecule has 0 atom stereocenters. The highest BCUT2D eigenvalue weighted by molar-refractivity contribution is 5.58. The van der Waals surface area contributed by atoms with Crippen LogP contribution in [-0.4, -0.2) is 58.9 Å². The number of hydrogen-bond donors (Lipinski definition) is 0. The summed E-state index contributed by atoms with van der Waals surface area (Å²) in [5, 5.41) is 0. The third kappa shape index (κ3) is 4.75. The van der Waals surface area contributed by atoms with Gasteiger partial charge in [-0.2, -0.15) is 4.98 Å². The molecule has 1 aromatic carbocycles. The van der Waals surface area contributed by atoms with Crippen LogP contribution in [0.5, 0.6) is 11.5 Å². The summed E-state index contributed by atoms with van der Waals surface area (Å²) in [6.45, 7) is 2.48. The molecule has 0 fully saturated rings. The minimum Gasteiger partial charge on any atom is -0.493 e. The van der Waals surface area contributed by atoms with Crippen LogP contribution in [0.1, 0.15) is 16.8 Å². The first-order valence-electron chi connectivity index (χ1n) is 11.6. The van der Waals surface area contributed by atoms with E-state index in [0.717, 1.165) is 55.5 Å². The maximum absolute atomic E-state index is 5.46. The number of pyridine rings is 1. The number of methoxy groups -OCH3 is 2. The standard InChI is InChI=1S/C26H29N7O2/c1-31(13-8-19-4-5-23(34-2)24(16-19)35-3)22-6-10-28-21-9-14-32(17-20(21)22)25-7-11-29-26(30-25)33-15-12-27-18-33/h4-7,10-12,15-16,18H,8-9,13-14,17H2,1-3H3. The molecule has 9 heteroatoms. The van der Waals surface area contributed by atoms with E-state index in [1.54, 1.807) is 32.9 Å². The van der Waals surface area contributed by atoms with E-state index in [1.807, 2.05) is 35.2 Å². The Morgan fingerprint density at radius 2 is 1.86 bits per heavy atom. The van der Waals surface area contributed by atoms with E-state index in [0.29, 0.717) is 5.95 Å². The Hall–Kier alpha value is -4.14. The van der Waals surface area contributed by atoms with Gasteiger partial charge in [-0.05, 0) is 36.2 Å². The van der Waals surface area contributed by atoms with Crippen LogP contribution in [0.2, 0.25) is 0 Å². The largest absolute Gasteiger partial charge is 0.493 e. The normalized spacial score (nSPS) is 12.8. The Bertz CT molecular complexity index is 1290. The van der Waals surface area contributed by atoms with Crippen molar-refractivity contribution >= 4 is 11.5 Å². The molecule has 35 heavy (non-hydrogen) atoms.